The highest BCUT2D eigenvalue weighted by Crippen LogP contribution is 2.58. The summed E-state index contributed by atoms with van der Waals surface area (Å²) < 4.78 is 8.63. The minimum absolute atomic E-state index is 0.238. The van der Waals surface area contributed by atoms with Crippen LogP contribution in [0.5, 0.6) is 0 Å². The van der Waals surface area contributed by atoms with Crippen molar-refractivity contribution in [1.82, 2.24) is 4.57 Å². The summed E-state index contributed by atoms with van der Waals surface area (Å²) in [6.45, 7) is 16.6. The summed E-state index contributed by atoms with van der Waals surface area (Å²) >= 11 is 0. The van der Waals surface area contributed by atoms with E-state index in [1.54, 1.807) is 0 Å². The van der Waals surface area contributed by atoms with Crippen LogP contribution >= 0.6 is 0 Å². The van der Waals surface area contributed by atoms with Crippen LogP contribution in [0.1, 0.15) is 54.2 Å². The van der Waals surface area contributed by atoms with Gasteiger partial charge in [-0.15, -0.1) is 0 Å². The van der Waals surface area contributed by atoms with Crippen molar-refractivity contribution in [3.63, 3.8) is 0 Å². The van der Waals surface area contributed by atoms with Crippen LogP contribution in [0.4, 0.5) is 11.4 Å². The topological polar surface area (TPSA) is 50.6 Å². The molecule has 5 aromatic carbocycles. The van der Waals surface area contributed by atoms with E-state index in [0.717, 1.165) is 91.7 Å². The second-order valence-corrected chi connectivity index (χ2v) is 12.0. The molecule has 0 radical (unpaired) electrons. The Bertz CT molecular complexity index is 2490. The number of furan rings is 1. The molecule has 7 aromatic rings. The van der Waals surface area contributed by atoms with Crippen LogP contribution in [0.15, 0.2) is 89.3 Å². The fourth-order valence-corrected chi connectivity index (χ4v) is 8.14. The van der Waals surface area contributed by atoms with Gasteiger partial charge in [-0.1, -0.05) is 54.6 Å². The van der Waals surface area contributed by atoms with Gasteiger partial charge in [0.2, 0.25) is 11.4 Å². The number of benzene rings is 5. The lowest BCUT2D eigenvalue weighted by molar-refractivity contribution is 0.359. The van der Waals surface area contributed by atoms with E-state index in [0.29, 0.717) is 16.9 Å². The molecular weight excluding hydrogens is 540 g/mol. The van der Waals surface area contributed by atoms with Gasteiger partial charge in [0.1, 0.15) is 17.2 Å². The van der Waals surface area contributed by atoms with Gasteiger partial charge >= 0.3 is 0 Å². The Kier molecular flexibility index (Phi) is 5.11. The summed E-state index contributed by atoms with van der Waals surface area (Å²) in [6, 6.07) is 31.4. The van der Waals surface area contributed by atoms with Crippen LogP contribution in [-0.2, 0) is 0 Å². The standard InChI is InChI=1S/C39H24N4O/c1-41-36-34-24-14-12-23(13-15-24)33(34)29(21-40)38(37(36)42-2)43-30-18-16-25(22-8-4-3-5-9-22)20-28(30)35-31(43)19-17-27-26-10-6-7-11-32(26)44-39(27)35/h3-11,16-20,23-24H,12-15H2. The fourth-order valence-electron chi connectivity index (χ4n) is 8.14. The molecular formula is C39H24N4O. The lowest BCUT2D eigenvalue weighted by atomic mass is 9.65. The lowest BCUT2D eigenvalue weighted by Gasteiger charge is -2.40. The molecule has 0 N–H and O–H groups in total. The number of hydrogen-bond donors (Lipinski definition) is 0. The summed E-state index contributed by atoms with van der Waals surface area (Å²) in [7, 11) is 0. The maximum Gasteiger partial charge on any atom is 0.219 e. The van der Waals surface area contributed by atoms with Crippen molar-refractivity contribution in [2.45, 2.75) is 37.5 Å². The van der Waals surface area contributed by atoms with Gasteiger partial charge < -0.3 is 8.98 Å². The maximum absolute atomic E-state index is 10.8. The average Bonchev–Trinajstić information content (AvgIpc) is 3.63. The molecule has 2 heterocycles. The second-order valence-electron chi connectivity index (χ2n) is 12.0. The van der Waals surface area contributed by atoms with Gasteiger partial charge in [-0.25, -0.2) is 9.69 Å². The van der Waals surface area contributed by atoms with Crippen LogP contribution < -0.4 is 0 Å². The molecule has 3 aliphatic carbocycles. The van der Waals surface area contributed by atoms with Crippen molar-refractivity contribution < 1.29 is 4.42 Å². The van der Waals surface area contributed by atoms with Crippen molar-refractivity contribution in [1.29, 1.82) is 5.26 Å². The van der Waals surface area contributed by atoms with E-state index in [2.05, 4.69) is 68.9 Å². The minimum Gasteiger partial charge on any atom is -0.455 e. The van der Waals surface area contributed by atoms with E-state index in [-0.39, 0.29) is 17.5 Å². The predicted octanol–water partition coefficient (Wildman–Crippen LogP) is 11.1. The van der Waals surface area contributed by atoms with Gasteiger partial charge in [0.15, 0.2) is 0 Å². The smallest absolute Gasteiger partial charge is 0.219 e. The van der Waals surface area contributed by atoms with Crippen molar-refractivity contribution in [2.75, 3.05) is 0 Å². The molecule has 5 nitrogen and oxygen atoms in total. The highest BCUT2D eigenvalue weighted by atomic mass is 16.3. The molecule has 10 rings (SSSR count). The van der Waals surface area contributed by atoms with Gasteiger partial charge in [-0.05, 0) is 90.1 Å². The monoisotopic (exact) mass is 564 g/mol. The third-order valence-corrected chi connectivity index (χ3v) is 9.98. The Balaban J connectivity index is 1.49. The number of fused-ring (bicyclic) bond motifs is 9. The van der Waals surface area contributed by atoms with Gasteiger partial charge in [0.25, 0.3) is 0 Å². The number of nitrogens with zero attached hydrogens (tertiary/aromatic N) is 4. The minimum atomic E-state index is 0.238. The normalized spacial score (nSPS) is 17.1. The molecule has 0 amide bonds. The third-order valence-electron chi connectivity index (χ3n) is 9.98. The van der Waals surface area contributed by atoms with Crippen LogP contribution in [0.3, 0.4) is 0 Å². The highest BCUT2D eigenvalue weighted by molar-refractivity contribution is 6.24. The Morgan fingerprint density at radius 1 is 0.705 bits per heavy atom. The zero-order valence-electron chi connectivity index (χ0n) is 23.8. The van der Waals surface area contributed by atoms with E-state index in [1.165, 1.54) is 0 Å². The fraction of sp³-hybridized carbons (Fsp3) is 0.154. The average molecular weight is 565 g/mol. The Labute approximate surface area is 253 Å². The highest BCUT2D eigenvalue weighted by Gasteiger charge is 2.40. The Hall–Kier alpha value is -5.83. The van der Waals surface area contributed by atoms with E-state index in [4.69, 9.17) is 17.6 Å². The quantitative estimate of drug-likeness (QED) is 0.196. The number of rotatable bonds is 2. The van der Waals surface area contributed by atoms with Crippen LogP contribution in [0, 0.1) is 24.5 Å². The zero-order chi connectivity index (χ0) is 29.5. The third kappa shape index (κ3) is 3.15. The van der Waals surface area contributed by atoms with Crippen LogP contribution in [0.25, 0.3) is 70.2 Å². The number of aromatic nitrogens is 1. The lowest BCUT2D eigenvalue weighted by Crippen LogP contribution is -2.24. The molecule has 44 heavy (non-hydrogen) atoms. The molecule has 0 atom stereocenters. The molecule has 1 fully saturated rings. The SMILES string of the molecule is [C-]#[N+]c1c([N+]#[C-])c(-n2c3ccc(-c4ccccc4)cc3c3c4oc5ccccc5c4ccc32)c(C#N)c2c1C1CCC2CC1. The molecule has 0 saturated heterocycles. The molecule has 5 heteroatoms. The summed E-state index contributed by atoms with van der Waals surface area (Å²) in [5.41, 5.74) is 9.25. The van der Waals surface area contributed by atoms with E-state index >= 15 is 0 Å². The van der Waals surface area contributed by atoms with Crippen LogP contribution in [-0.4, -0.2) is 4.57 Å². The van der Waals surface area contributed by atoms with Crippen LogP contribution in [0.2, 0.25) is 0 Å². The molecule has 3 aliphatic rings. The summed E-state index contributed by atoms with van der Waals surface area (Å²) in [6.07, 6.45) is 4.08. The largest absolute Gasteiger partial charge is 0.455 e. The second kappa shape index (κ2) is 9.08. The number of para-hydroxylation sites is 1. The summed E-state index contributed by atoms with van der Waals surface area (Å²) in [5, 5.41) is 14.8. The molecule has 0 unspecified atom stereocenters. The molecule has 2 bridgehead atoms. The van der Waals surface area contributed by atoms with Gasteiger partial charge in [0, 0.05) is 16.2 Å². The zero-order valence-corrected chi connectivity index (χ0v) is 23.8. The van der Waals surface area contributed by atoms with Crippen molar-refractivity contribution in [3.05, 3.63) is 124 Å². The molecule has 2 aromatic heterocycles. The first-order chi connectivity index (χ1) is 21.7. The summed E-state index contributed by atoms with van der Waals surface area (Å²) in [5.74, 6) is 0.478. The van der Waals surface area contributed by atoms with Gasteiger partial charge in [0.05, 0.1) is 40.8 Å². The van der Waals surface area contributed by atoms with E-state index in [1.807, 2.05) is 36.4 Å². The van der Waals surface area contributed by atoms with Gasteiger partial charge in [-0.2, -0.15) is 5.26 Å². The number of nitriles is 1. The van der Waals surface area contributed by atoms with Crippen molar-refractivity contribution in [2.24, 2.45) is 0 Å². The first-order valence-electron chi connectivity index (χ1n) is 15.0. The van der Waals surface area contributed by atoms with Gasteiger partial charge in [-0.3, -0.25) is 0 Å². The number of hydrogen-bond acceptors (Lipinski definition) is 2. The molecule has 206 valence electrons. The first kappa shape index (κ1) is 24.7. The Morgan fingerprint density at radius 2 is 1.41 bits per heavy atom. The molecule has 0 aliphatic heterocycles. The summed E-state index contributed by atoms with van der Waals surface area (Å²) in [4.78, 5) is 8.02. The van der Waals surface area contributed by atoms with E-state index < -0.39 is 0 Å². The van der Waals surface area contributed by atoms with Crippen molar-refractivity contribution in [3.8, 4) is 22.9 Å². The van der Waals surface area contributed by atoms with Crippen molar-refractivity contribution >= 4 is 55.1 Å². The maximum atomic E-state index is 10.8. The first-order valence-corrected chi connectivity index (χ1v) is 15.0. The van der Waals surface area contributed by atoms with E-state index in [9.17, 15) is 5.26 Å². The molecule has 1 saturated carbocycles. The Morgan fingerprint density at radius 3 is 2.16 bits per heavy atom. The molecule has 0 spiro atoms. The predicted molar refractivity (Wildman–Crippen MR) is 175 cm³/mol.